The number of carbonyl (C=O) groups is 2. The van der Waals surface area contributed by atoms with E-state index < -0.39 is 17.5 Å². The number of ether oxygens (including phenoxy) is 2. The Balaban J connectivity index is 1.93. The van der Waals surface area contributed by atoms with Crippen LogP contribution in [0.3, 0.4) is 0 Å². The molecule has 0 atom stereocenters. The van der Waals surface area contributed by atoms with E-state index in [1.54, 1.807) is 24.8 Å². The lowest BCUT2D eigenvalue weighted by Gasteiger charge is -2.46. The van der Waals surface area contributed by atoms with Crippen molar-refractivity contribution in [3.63, 3.8) is 0 Å². The Morgan fingerprint density at radius 1 is 1.07 bits per heavy atom. The van der Waals surface area contributed by atoms with Crippen molar-refractivity contribution < 1.29 is 19.1 Å². The van der Waals surface area contributed by atoms with Crippen LogP contribution in [0.1, 0.15) is 12.8 Å². The lowest BCUT2D eigenvalue weighted by molar-refractivity contribution is -0.145. The number of nitrogens with zero attached hydrogens (tertiary/aromatic N) is 4. The molecule has 1 aliphatic rings. The number of nitrogens with one attached hydrogen (secondary N) is 1. The van der Waals surface area contributed by atoms with Gasteiger partial charge in [-0.1, -0.05) is 0 Å². The van der Waals surface area contributed by atoms with Gasteiger partial charge in [0.2, 0.25) is 5.95 Å². The zero-order chi connectivity index (χ0) is 20.0. The van der Waals surface area contributed by atoms with E-state index in [2.05, 4.69) is 20.3 Å². The number of hydrogen-bond donors (Lipinski definition) is 1. The monoisotopic (exact) mass is 385 g/mol. The van der Waals surface area contributed by atoms with Crippen LogP contribution in [0.15, 0.2) is 36.9 Å². The van der Waals surface area contributed by atoms with Crippen molar-refractivity contribution in [3.05, 3.63) is 36.9 Å². The number of anilines is 1. The topological polar surface area (TPSA) is 107 Å². The Kier molecular flexibility index (Phi) is 6.15. The number of carbonyl (C=O) groups excluding carboxylic acids is 2. The van der Waals surface area contributed by atoms with Gasteiger partial charge in [0, 0.05) is 50.0 Å². The second-order valence-corrected chi connectivity index (χ2v) is 6.57. The van der Waals surface area contributed by atoms with Gasteiger partial charge in [0.05, 0.1) is 32.6 Å². The Hall–Kier alpha value is -3.07. The molecule has 2 aromatic rings. The third kappa shape index (κ3) is 4.25. The molecular formula is C19H23N5O4. The second-order valence-electron chi connectivity index (χ2n) is 6.57. The highest BCUT2D eigenvalue weighted by Crippen LogP contribution is 2.31. The Morgan fingerprint density at radius 2 is 1.68 bits per heavy atom. The minimum absolute atomic E-state index is 0.0149. The highest BCUT2D eigenvalue weighted by molar-refractivity contribution is 5.77. The Bertz CT molecular complexity index is 795. The number of rotatable bonds is 6. The highest BCUT2D eigenvalue weighted by Gasteiger charge is 2.44. The predicted octanol–water partition coefficient (Wildman–Crippen LogP) is 0.813. The van der Waals surface area contributed by atoms with Crippen molar-refractivity contribution in [1.29, 1.82) is 0 Å². The number of aromatic nitrogens is 3. The zero-order valence-electron chi connectivity index (χ0n) is 15.9. The molecule has 0 saturated carbocycles. The first-order valence-electron chi connectivity index (χ1n) is 8.92. The zero-order valence-corrected chi connectivity index (χ0v) is 15.9. The highest BCUT2D eigenvalue weighted by atomic mass is 16.5. The number of pyridine rings is 1. The Labute approximate surface area is 163 Å². The first kappa shape index (κ1) is 19.7. The number of piperazine rings is 1. The lowest BCUT2D eigenvalue weighted by atomic mass is 9.87. The van der Waals surface area contributed by atoms with E-state index >= 15 is 0 Å². The van der Waals surface area contributed by atoms with Crippen LogP contribution in [-0.4, -0.2) is 66.3 Å². The molecule has 148 valence electrons. The van der Waals surface area contributed by atoms with Gasteiger partial charge in [0.1, 0.15) is 0 Å². The molecule has 2 aromatic heterocycles. The van der Waals surface area contributed by atoms with E-state index in [4.69, 9.17) is 9.47 Å². The standard InChI is InChI=1S/C19H23N5O4/c1-27-16(25)9-19(10-17(26)28-2)13-21-7-8-24(19)18-22-11-15(12-23-18)14-3-5-20-6-4-14/h3-6,11-12,21H,7-10,13H2,1-2H3. The van der Waals surface area contributed by atoms with E-state index in [-0.39, 0.29) is 12.8 Å². The normalized spacial score (nSPS) is 15.7. The summed E-state index contributed by atoms with van der Waals surface area (Å²) in [5, 5.41) is 3.25. The van der Waals surface area contributed by atoms with Crippen LogP contribution in [-0.2, 0) is 19.1 Å². The second kappa shape index (κ2) is 8.75. The fourth-order valence-electron chi connectivity index (χ4n) is 3.37. The molecule has 1 aliphatic heterocycles. The molecule has 3 rings (SSSR count). The molecule has 28 heavy (non-hydrogen) atoms. The van der Waals surface area contributed by atoms with Gasteiger partial charge >= 0.3 is 11.9 Å². The van der Waals surface area contributed by atoms with E-state index in [9.17, 15) is 9.59 Å². The molecular weight excluding hydrogens is 362 g/mol. The van der Waals surface area contributed by atoms with Gasteiger partial charge in [-0.25, -0.2) is 9.97 Å². The molecule has 3 heterocycles. The van der Waals surface area contributed by atoms with Crippen LogP contribution in [0.5, 0.6) is 0 Å². The van der Waals surface area contributed by atoms with E-state index in [1.165, 1.54) is 14.2 Å². The van der Waals surface area contributed by atoms with Crippen LogP contribution in [0.25, 0.3) is 11.1 Å². The van der Waals surface area contributed by atoms with Crippen molar-refractivity contribution in [3.8, 4) is 11.1 Å². The van der Waals surface area contributed by atoms with Crippen molar-refractivity contribution in [2.45, 2.75) is 18.4 Å². The molecule has 0 radical (unpaired) electrons. The molecule has 9 nitrogen and oxygen atoms in total. The van der Waals surface area contributed by atoms with Gasteiger partial charge in [0.25, 0.3) is 0 Å². The van der Waals surface area contributed by atoms with Gasteiger partial charge in [-0.15, -0.1) is 0 Å². The van der Waals surface area contributed by atoms with Crippen LogP contribution in [0.4, 0.5) is 5.95 Å². The molecule has 1 N–H and O–H groups in total. The van der Waals surface area contributed by atoms with Gasteiger partial charge in [-0.2, -0.15) is 0 Å². The fraction of sp³-hybridized carbons (Fsp3) is 0.421. The molecule has 0 amide bonds. The number of methoxy groups -OCH3 is 2. The smallest absolute Gasteiger partial charge is 0.307 e. The van der Waals surface area contributed by atoms with Crippen molar-refractivity contribution >= 4 is 17.9 Å². The molecule has 0 bridgehead atoms. The van der Waals surface area contributed by atoms with Gasteiger partial charge in [-0.05, 0) is 17.7 Å². The number of esters is 2. The van der Waals surface area contributed by atoms with Crippen LogP contribution < -0.4 is 10.2 Å². The summed E-state index contributed by atoms with van der Waals surface area (Å²) < 4.78 is 9.72. The van der Waals surface area contributed by atoms with Crippen molar-refractivity contribution in [2.24, 2.45) is 0 Å². The van der Waals surface area contributed by atoms with E-state index in [1.807, 2.05) is 17.0 Å². The summed E-state index contributed by atoms with van der Waals surface area (Å²) in [6.07, 6.45) is 6.89. The summed E-state index contributed by atoms with van der Waals surface area (Å²) in [5.74, 6) is -0.371. The summed E-state index contributed by atoms with van der Waals surface area (Å²) in [5.41, 5.74) is 0.946. The van der Waals surface area contributed by atoms with Crippen molar-refractivity contribution in [2.75, 3.05) is 38.8 Å². The fourth-order valence-corrected chi connectivity index (χ4v) is 3.37. The molecule has 0 aliphatic carbocycles. The SMILES string of the molecule is COC(=O)CC1(CC(=O)OC)CNCCN1c1ncc(-c2ccncc2)cn1. The van der Waals surface area contributed by atoms with Crippen molar-refractivity contribution in [1.82, 2.24) is 20.3 Å². The summed E-state index contributed by atoms with van der Waals surface area (Å²) >= 11 is 0. The largest absolute Gasteiger partial charge is 0.469 e. The van der Waals surface area contributed by atoms with Crippen LogP contribution >= 0.6 is 0 Å². The molecule has 1 fully saturated rings. The summed E-state index contributed by atoms with van der Waals surface area (Å²) in [6, 6.07) is 3.75. The average molecular weight is 385 g/mol. The predicted molar refractivity (Wildman–Crippen MR) is 101 cm³/mol. The van der Waals surface area contributed by atoms with E-state index in [0.717, 1.165) is 11.1 Å². The molecule has 0 spiro atoms. The quantitative estimate of drug-likeness (QED) is 0.723. The third-order valence-corrected chi connectivity index (χ3v) is 4.83. The van der Waals surface area contributed by atoms with Crippen LogP contribution in [0, 0.1) is 0 Å². The maximum absolute atomic E-state index is 12.1. The van der Waals surface area contributed by atoms with Gasteiger partial charge in [-0.3, -0.25) is 14.6 Å². The minimum Gasteiger partial charge on any atom is -0.469 e. The van der Waals surface area contributed by atoms with Gasteiger partial charge in [0.15, 0.2) is 0 Å². The molecule has 0 unspecified atom stereocenters. The summed E-state index contributed by atoms with van der Waals surface area (Å²) in [6.45, 7) is 1.63. The Morgan fingerprint density at radius 3 is 2.25 bits per heavy atom. The summed E-state index contributed by atoms with van der Waals surface area (Å²) in [4.78, 5) is 39.1. The average Bonchev–Trinajstić information content (AvgIpc) is 2.74. The molecule has 0 aromatic carbocycles. The van der Waals surface area contributed by atoms with Gasteiger partial charge < -0.3 is 19.7 Å². The molecule has 1 saturated heterocycles. The maximum atomic E-state index is 12.1. The first-order valence-corrected chi connectivity index (χ1v) is 8.92. The first-order chi connectivity index (χ1) is 13.6. The maximum Gasteiger partial charge on any atom is 0.307 e. The lowest BCUT2D eigenvalue weighted by Crippen LogP contribution is -2.63. The minimum atomic E-state index is -0.864. The summed E-state index contributed by atoms with van der Waals surface area (Å²) in [7, 11) is 2.66. The third-order valence-electron chi connectivity index (χ3n) is 4.83. The molecule has 9 heteroatoms. The van der Waals surface area contributed by atoms with Crippen LogP contribution in [0.2, 0.25) is 0 Å². The number of hydrogen-bond acceptors (Lipinski definition) is 9. The van der Waals surface area contributed by atoms with E-state index in [0.29, 0.717) is 25.6 Å².